The molecule has 1 rings (SSSR count). The van der Waals surface area contributed by atoms with Gasteiger partial charge in [-0.3, -0.25) is 4.79 Å². The molecule has 0 saturated heterocycles. The molecule has 64 valence electrons. The molecule has 0 amide bonds. The van der Waals surface area contributed by atoms with Crippen LogP contribution < -0.4 is 0 Å². The second-order valence-electron chi connectivity index (χ2n) is 4.39. The van der Waals surface area contributed by atoms with Gasteiger partial charge in [-0.05, 0) is 0 Å². The molecule has 1 aliphatic rings. The maximum Gasteiger partial charge on any atom is 0.149 e. The summed E-state index contributed by atoms with van der Waals surface area (Å²) in [5.41, 5.74) is -0.559. The molecule has 0 bridgehead atoms. The standard InChI is InChI=1S/C9H16O2/c1-8(2)6(10)9(3,4)7(8)11-5/h7H,1-5H3. The highest BCUT2D eigenvalue weighted by atomic mass is 16.5. The van der Waals surface area contributed by atoms with Crippen molar-refractivity contribution in [1.82, 2.24) is 0 Å². The second-order valence-corrected chi connectivity index (χ2v) is 4.39. The summed E-state index contributed by atoms with van der Waals surface area (Å²) in [6, 6.07) is 0. The van der Waals surface area contributed by atoms with Crippen LogP contribution in [0.15, 0.2) is 0 Å². The fraction of sp³-hybridized carbons (Fsp3) is 0.889. The van der Waals surface area contributed by atoms with E-state index in [0.29, 0.717) is 5.78 Å². The minimum absolute atomic E-state index is 0.0718. The molecule has 1 saturated carbocycles. The van der Waals surface area contributed by atoms with E-state index in [-0.39, 0.29) is 16.9 Å². The van der Waals surface area contributed by atoms with Crippen LogP contribution in [0.4, 0.5) is 0 Å². The Hall–Kier alpha value is -0.370. The van der Waals surface area contributed by atoms with E-state index in [1.54, 1.807) is 7.11 Å². The molecule has 0 atom stereocenters. The van der Waals surface area contributed by atoms with Crippen molar-refractivity contribution in [2.75, 3.05) is 7.11 Å². The van der Waals surface area contributed by atoms with Gasteiger partial charge in [-0.25, -0.2) is 0 Å². The van der Waals surface area contributed by atoms with Gasteiger partial charge in [-0.15, -0.1) is 0 Å². The molecular formula is C9H16O2. The van der Waals surface area contributed by atoms with Crippen molar-refractivity contribution in [2.24, 2.45) is 10.8 Å². The molecule has 2 nitrogen and oxygen atoms in total. The third-order valence-electron chi connectivity index (χ3n) is 2.72. The number of ether oxygens (including phenoxy) is 1. The van der Waals surface area contributed by atoms with E-state index in [4.69, 9.17) is 4.74 Å². The summed E-state index contributed by atoms with van der Waals surface area (Å²) >= 11 is 0. The lowest BCUT2D eigenvalue weighted by molar-refractivity contribution is -0.187. The van der Waals surface area contributed by atoms with Crippen LogP contribution in [0, 0.1) is 10.8 Å². The van der Waals surface area contributed by atoms with Gasteiger partial charge in [-0.1, -0.05) is 27.7 Å². The number of carbonyl (C=O) groups excluding carboxylic acids is 1. The number of carbonyl (C=O) groups is 1. The number of ketones is 1. The summed E-state index contributed by atoms with van der Waals surface area (Å²) in [4.78, 5) is 11.5. The second kappa shape index (κ2) is 2.07. The van der Waals surface area contributed by atoms with E-state index in [1.807, 2.05) is 27.7 Å². The molecule has 0 heterocycles. The minimum Gasteiger partial charge on any atom is -0.379 e. The number of methoxy groups -OCH3 is 1. The average Bonchev–Trinajstić information content (AvgIpc) is 1.86. The van der Waals surface area contributed by atoms with Gasteiger partial charge in [0.15, 0.2) is 0 Å². The molecule has 0 aliphatic heterocycles. The first-order valence-electron chi connectivity index (χ1n) is 3.93. The smallest absolute Gasteiger partial charge is 0.149 e. The quantitative estimate of drug-likeness (QED) is 0.577. The lowest BCUT2D eigenvalue weighted by Gasteiger charge is -2.54. The molecule has 11 heavy (non-hydrogen) atoms. The molecule has 0 radical (unpaired) electrons. The third kappa shape index (κ3) is 0.853. The zero-order valence-corrected chi connectivity index (χ0v) is 7.89. The molecule has 0 N–H and O–H groups in total. The Morgan fingerprint density at radius 1 is 1.18 bits per heavy atom. The van der Waals surface area contributed by atoms with Crippen molar-refractivity contribution in [3.8, 4) is 0 Å². The zero-order chi connectivity index (χ0) is 8.86. The molecule has 0 spiro atoms. The fourth-order valence-corrected chi connectivity index (χ4v) is 2.48. The number of hydrogen-bond acceptors (Lipinski definition) is 2. The maximum absolute atomic E-state index is 11.5. The van der Waals surface area contributed by atoms with Crippen molar-refractivity contribution in [1.29, 1.82) is 0 Å². The summed E-state index contributed by atoms with van der Waals surface area (Å²) in [5, 5.41) is 0. The van der Waals surface area contributed by atoms with Crippen molar-refractivity contribution in [2.45, 2.75) is 33.8 Å². The maximum atomic E-state index is 11.5. The Balaban J connectivity index is 2.88. The molecular weight excluding hydrogens is 140 g/mol. The first-order valence-corrected chi connectivity index (χ1v) is 3.93. The lowest BCUT2D eigenvalue weighted by Crippen LogP contribution is -2.65. The highest BCUT2D eigenvalue weighted by Crippen LogP contribution is 2.51. The van der Waals surface area contributed by atoms with Crippen LogP contribution in [0.5, 0.6) is 0 Å². The van der Waals surface area contributed by atoms with E-state index in [0.717, 1.165) is 0 Å². The highest BCUT2D eigenvalue weighted by molar-refractivity contribution is 5.97. The molecule has 1 fully saturated rings. The fourth-order valence-electron chi connectivity index (χ4n) is 2.48. The van der Waals surface area contributed by atoms with Gasteiger partial charge in [0.2, 0.25) is 0 Å². The van der Waals surface area contributed by atoms with Gasteiger partial charge in [0.25, 0.3) is 0 Å². The molecule has 0 aromatic rings. The summed E-state index contributed by atoms with van der Waals surface area (Å²) in [6.07, 6.45) is 0.0718. The summed E-state index contributed by atoms with van der Waals surface area (Å²) in [6.45, 7) is 7.76. The first-order chi connectivity index (χ1) is 4.85. The molecule has 0 unspecified atom stereocenters. The zero-order valence-electron chi connectivity index (χ0n) is 7.89. The molecule has 1 aliphatic carbocycles. The normalized spacial score (nSPS) is 28.3. The number of Topliss-reactive ketones (excluding diaryl/α,β-unsaturated/α-hetero) is 1. The SMILES string of the molecule is COC1C(C)(C)C(=O)C1(C)C. The third-order valence-corrected chi connectivity index (χ3v) is 2.72. The van der Waals surface area contributed by atoms with Crippen LogP contribution in [0.3, 0.4) is 0 Å². The summed E-state index contributed by atoms with van der Waals surface area (Å²) < 4.78 is 5.27. The molecule has 0 aromatic heterocycles. The van der Waals surface area contributed by atoms with Crippen LogP contribution in [-0.2, 0) is 9.53 Å². The number of hydrogen-bond donors (Lipinski definition) is 0. The topological polar surface area (TPSA) is 26.3 Å². The van der Waals surface area contributed by atoms with Crippen molar-refractivity contribution >= 4 is 5.78 Å². The Morgan fingerprint density at radius 3 is 1.73 bits per heavy atom. The van der Waals surface area contributed by atoms with E-state index in [2.05, 4.69) is 0 Å². The van der Waals surface area contributed by atoms with E-state index < -0.39 is 0 Å². The largest absolute Gasteiger partial charge is 0.379 e. The van der Waals surface area contributed by atoms with Crippen LogP contribution in [0.25, 0.3) is 0 Å². The predicted molar refractivity (Wildman–Crippen MR) is 43.4 cm³/mol. The van der Waals surface area contributed by atoms with Crippen molar-refractivity contribution in [3.05, 3.63) is 0 Å². The Labute approximate surface area is 67.9 Å². The minimum atomic E-state index is -0.280. The Morgan fingerprint density at radius 2 is 1.55 bits per heavy atom. The predicted octanol–water partition coefficient (Wildman–Crippen LogP) is 1.64. The Bertz CT molecular complexity index is 174. The van der Waals surface area contributed by atoms with Gasteiger partial charge in [0.05, 0.1) is 16.9 Å². The molecule has 2 heteroatoms. The van der Waals surface area contributed by atoms with Crippen molar-refractivity contribution in [3.63, 3.8) is 0 Å². The summed E-state index contributed by atoms with van der Waals surface area (Å²) in [7, 11) is 1.67. The van der Waals surface area contributed by atoms with E-state index in [1.165, 1.54) is 0 Å². The van der Waals surface area contributed by atoms with Gasteiger partial charge in [0, 0.05) is 7.11 Å². The molecule has 0 aromatic carbocycles. The van der Waals surface area contributed by atoms with E-state index in [9.17, 15) is 4.79 Å². The van der Waals surface area contributed by atoms with Gasteiger partial charge in [-0.2, -0.15) is 0 Å². The van der Waals surface area contributed by atoms with E-state index >= 15 is 0 Å². The van der Waals surface area contributed by atoms with Gasteiger partial charge in [0.1, 0.15) is 5.78 Å². The van der Waals surface area contributed by atoms with Crippen LogP contribution in [0.2, 0.25) is 0 Å². The van der Waals surface area contributed by atoms with Crippen LogP contribution >= 0.6 is 0 Å². The van der Waals surface area contributed by atoms with Gasteiger partial charge < -0.3 is 4.74 Å². The number of rotatable bonds is 1. The van der Waals surface area contributed by atoms with Crippen molar-refractivity contribution < 1.29 is 9.53 Å². The van der Waals surface area contributed by atoms with Crippen LogP contribution in [-0.4, -0.2) is 19.0 Å². The Kier molecular flexibility index (Phi) is 1.64. The lowest BCUT2D eigenvalue weighted by atomic mass is 9.52. The average molecular weight is 156 g/mol. The van der Waals surface area contributed by atoms with Gasteiger partial charge >= 0.3 is 0 Å². The highest BCUT2D eigenvalue weighted by Gasteiger charge is 2.61. The summed E-state index contributed by atoms with van der Waals surface area (Å²) in [5.74, 6) is 0.303. The monoisotopic (exact) mass is 156 g/mol. The van der Waals surface area contributed by atoms with Crippen LogP contribution in [0.1, 0.15) is 27.7 Å². The first kappa shape index (κ1) is 8.72.